The third kappa shape index (κ3) is 9.68. The van der Waals surface area contributed by atoms with Crippen LogP contribution in [0.5, 0.6) is 0 Å². The van der Waals surface area contributed by atoms with Crippen LogP contribution in [0.3, 0.4) is 0 Å². The van der Waals surface area contributed by atoms with Crippen LogP contribution < -0.4 is 5.32 Å². The fourth-order valence-corrected chi connectivity index (χ4v) is 5.85. The van der Waals surface area contributed by atoms with Gasteiger partial charge in [0.25, 0.3) is 0 Å². The number of nitrogens with one attached hydrogen (secondary N) is 2. The summed E-state index contributed by atoms with van der Waals surface area (Å²) in [5, 5.41) is 3.75. The third-order valence-corrected chi connectivity index (χ3v) is 8.07. The van der Waals surface area contributed by atoms with Crippen LogP contribution in [0.1, 0.15) is 110 Å². The number of benzene rings is 3. The van der Waals surface area contributed by atoms with Crippen molar-refractivity contribution in [1.82, 2.24) is 4.98 Å². The van der Waals surface area contributed by atoms with Gasteiger partial charge >= 0.3 is 5.97 Å². The monoisotopic (exact) mass is 606 g/mol. The number of carbonyl (C=O) groups excluding carboxylic acids is 2. The summed E-state index contributed by atoms with van der Waals surface area (Å²) in [5.74, 6) is 1.02. The summed E-state index contributed by atoms with van der Waals surface area (Å²) < 4.78 is 5.04. The molecular formula is C40H50N2O3. The van der Waals surface area contributed by atoms with Gasteiger partial charge in [0.15, 0.2) is 0 Å². The molecule has 0 unspecified atom stereocenters. The lowest BCUT2D eigenvalue weighted by Gasteiger charge is -2.22. The first-order valence-corrected chi connectivity index (χ1v) is 16.6. The molecule has 0 saturated carbocycles. The fraction of sp³-hybridized carbons (Fsp3) is 0.400. The van der Waals surface area contributed by atoms with Gasteiger partial charge in [-0.1, -0.05) is 83.1 Å². The van der Waals surface area contributed by atoms with Gasteiger partial charge in [-0.15, -0.1) is 0 Å². The molecule has 0 aliphatic rings. The number of aromatic amines is 1. The number of rotatable bonds is 16. The van der Waals surface area contributed by atoms with Crippen molar-refractivity contribution in [1.29, 1.82) is 0 Å². The molecule has 0 radical (unpaired) electrons. The van der Waals surface area contributed by atoms with Crippen molar-refractivity contribution in [3.05, 3.63) is 124 Å². The molecule has 238 valence electrons. The highest BCUT2D eigenvalue weighted by Gasteiger charge is 2.19. The molecule has 45 heavy (non-hydrogen) atoms. The zero-order valence-electron chi connectivity index (χ0n) is 27.9. The second kappa shape index (κ2) is 16.3. The van der Waals surface area contributed by atoms with Crippen molar-refractivity contribution in [2.24, 2.45) is 11.8 Å². The van der Waals surface area contributed by atoms with Crippen LogP contribution in [0.4, 0.5) is 5.69 Å². The second-order valence-electron chi connectivity index (χ2n) is 12.9. The fourth-order valence-electron chi connectivity index (χ4n) is 5.85. The van der Waals surface area contributed by atoms with Crippen molar-refractivity contribution < 1.29 is 14.3 Å². The van der Waals surface area contributed by atoms with Gasteiger partial charge in [-0.05, 0) is 109 Å². The SMILES string of the molecule is CCOC(=O)CCCc1cc(CC)c(C(=O)c2ccc(NC(c3ccc(CC(C)C)cc3)c3ccc(CC(C)C)cc3)cc2)[nH]1. The van der Waals surface area contributed by atoms with Gasteiger partial charge in [0.2, 0.25) is 5.78 Å². The molecule has 1 aromatic heterocycles. The Morgan fingerprint density at radius 2 is 1.33 bits per heavy atom. The highest BCUT2D eigenvalue weighted by molar-refractivity contribution is 6.09. The van der Waals surface area contributed by atoms with Crippen molar-refractivity contribution in [3.8, 4) is 0 Å². The van der Waals surface area contributed by atoms with Crippen LogP contribution in [-0.2, 0) is 35.2 Å². The van der Waals surface area contributed by atoms with E-state index in [0.717, 1.165) is 36.2 Å². The molecule has 0 spiro atoms. The standard InChI is InChI=1S/C40H50N2O3/c1-7-31-26-36(10-9-11-37(43)45-8-2)42-39(31)40(44)34-20-22-35(23-21-34)41-38(32-16-12-29(13-17-32)24-27(3)4)33-18-14-30(15-19-33)25-28(5)6/h12-23,26-28,38,41-42H,7-11,24-25H2,1-6H3. The van der Waals surface area contributed by atoms with E-state index < -0.39 is 0 Å². The summed E-state index contributed by atoms with van der Waals surface area (Å²) in [6.07, 6.45) is 4.62. The van der Waals surface area contributed by atoms with Crippen molar-refractivity contribution in [3.63, 3.8) is 0 Å². The molecule has 0 aliphatic carbocycles. The minimum absolute atomic E-state index is 0.0203. The summed E-state index contributed by atoms with van der Waals surface area (Å²) in [6, 6.07) is 27.7. The quantitative estimate of drug-likeness (QED) is 0.0985. The largest absolute Gasteiger partial charge is 0.466 e. The third-order valence-electron chi connectivity index (χ3n) is 8.07. The van der Waals surface area contributed by atoms with Crippen LogP contribution >= 0.6 is 0 Å². The van der Waals surface area contributed by atoms with Crippen LogP contribution in [0.15, 0.2) is 78.9 Å². The first-order valence-electron chi connectivity index (χ1n) is 16.6. The maximum absolute atomic E-state index is 13.6. The van der Waals surface area contributed by atoms with E-state index in [4.69, 9.17) is 4.74 Å². The molecule has 0 aliphatic heterocycles. The molecule has 0 amide bonds. The minimum atomic E-state index is -0.182. The van der Waals surface area contributed by atoms with Crippen molar-refractivity contribution >= 4 is 17.4 Å². The molecule has 0 saturated heterocycles. The Morgan fingerprint density at radius 3 is 1.82 bits per heavy atom. The molecule has 5 heteroatoms. The summed E-state index contributed by atoms with van der Waals surface area (Å²) in [7, 11) is 0. The summed E-state index contributed by atoms with van der Waals surface area (Å²) in [6.45, 7) is 13.3. The van der Waals surface area contributed by atoms with Gasteiger partial charge in [0, 0.05) is 23.4 Å². The summed E-state index contributed by atoms with van der Waals surface area (Å²) in [4.78, 5) is 28.6. The van der Waals surface area contributed by atoms with Crippen molar-refractivity contribution in [2.45, 2.75) is 86.1 Å². The van der Waals surface area contributed by atoms with E-state index in [1.807, 2.05) is 31.2 Å². The summed E-state index contributed by atoms with van der Waals surface area (Å²) in [5.41, 5.74) is 9.29. The first kappa shape index (κ1) is 33.8. The van der Waals surface area contributed by atoms with E-state index in [1.165, 1.54) is 22.3 Å². The Kier molecular flexibility index (Phi) is 12.2. The van der Waals surface area contributed by atoms with Gasteiger partial charge in [-0.3, -0.25) is 9.59 Å². The molecule has 1 heterocycles. The number of ketones is 1. The highest BCUT2D eigenvalue weighted by atomic mass is 16.5. The van der Waals surface area contributed by atoms with E-state index in [1.54, 1.807) is 0 Å². The molecule has 2 N–H and O–H groups in total. The number of H-pyrrole nitrogens is 1. The van der Waals surface area contributed by atoms with Crippen LogP contribution in [-0.4, -0.2) is 23.3 Å². The van der Waals surface area contributed by atoms with Gasteiger partial charge in [0.1, 0.15) is 0 Å². The Hall–Kier alpha value is -4.12. The normalized spacial score (nSPS) is 11.4. The van der Waals surface area contributed by atoms with E-state index in [2.05, 4.69) is 99.5 Å². The number of aryl methyl sites for hydroxylation is 2. The van der Waals surface area contributed by atoms with E-state index in [0.29, 0.717) is 49.0 Å². The first-order chi connectivity index (χ1) is 21.7. The zero-order chi connectivity index (χ0) is 32.3. The number of esters is 1. The van der Waals surface area contributed by atoms with Crippen LogP contribution in [0.25, 0.3) is 0 Å². The van der Waals surface area contributed by atoms with Crippen LogP contribution in [0.2, 0.25) is 0 Å². The zero-order valence-corrected chi connectivity index (χ0v) is 27.9. The lowest BCUT2D eigenvalue weighted by atomic mass is 9.93. The van der Waals surface area contributed by atoms with Crippen molar-refractivity contribution in [2.75, 3.05) is 11.9 Å². The number of hydrogen-bond acceptors (Lipinski definition) is 4. The number of hydrogen-bond donors (Lipinski definition) is 2. The second-order valence-corrected chi connectivity index (χ2v) is 12.9. The Bertz CT molecular complexity index is 1460. The molecule has 4 aromatic rings. The molecule has 0 atom stereocenters. The smallest absolute Gasteiger partial charge is 0.305 e. The topological polar surface area (TPSA) is 71.2 Å². The van der Waals surface area contributed by atoms with Gasteiger partial charge in [0.05, 0.1) is 18.3 Å². The van der Waals surface area contributed by atoms with Crippen LogP contribution in [0, 0.1) is 11.8 Å². The predicted molar refractivity (Wildman–Crippen MR) is 185 cm³/mol. The van der Waals surface area contributed by atoms with E-state index in [9.17, 15) is 9.59 Å². The predicted octanol–water partition coefficient (Wildman–Crippen LogP) is 9.29. The number of ether oxygens (including phenoxy) is 1. The summed E-state index contributed by atoms with van der Waals surface area (Å²) >= 11 is 0. The molecule has 0 bridgehead atoms. The Morgan fingerprint density at radius 1 is 0.778 bits per heavy atom. The van der Waals surface area contributed by atoms with E-state index >= 15 is 0 Å². The molecule has 5 nitrogen and oxygen atoms in total. The molecule has 4 rings (SSSR count). The Balaban J connectivity index is 1.52. The minimum Gasteiger partial charge on any atom is -0.466 e. The average Bonchev–Trinajstić information content (AvgIpc) is 3.43. The lowest BCUT2D eigenvalue weighted by Crippen LogP contribution is -2.13. The number of anilines is 1. The average molecular weight is 607 g/mol. The molecular weight excluding hydrogens is 556 g/mol. The number of carbonyl (C=O) groups is 2. The molecule has 0 fully saturated rings. The highest BCUT2D eigenvalue weighted by Crippen LogP contribution is 2.29. The van der Waals surface area contributed by atoms with E-state index in [-0.39, 0.29) is 17.8 Å². The van der Waals surface area contributed by atoms with Gasteiger partial charge < -0.3 is 15.0 Å². The van der Waals surface area contributed by atoms with Gasteiger partial charge in [-0.25, -0.2) is 0 Å². The van der Waals surface area contributed by atoms with Gasteiger partial charge in [-0.2, -0.15) is 0 Å². The maximum atomic E-state index is 13.6. The maximum Gasteiger partial charge on any atom is 0.305 e. The number of aromatic nitrogens is 1. The Labute approximate surface area is 269 Å². The molecule has 3 aromatic carbocycles. The lowest BCUT2D eigenvalue weighted by molar-refractivity contribution is -0.143.